The fourth-order valence-corrected chi connectivity index (χ4v) is 10.1. The molecule has 0 heterocycles. The number of hydrogen-bond donors (Lipinski definition) is 0. The highest BCUT2D eigenvalue weighted by Gasteiger charge is 2.52. The molecular formula is C56H41N. The molecule has 2 aliphatic carbocycles. The monoisotopic (exact) mass is 727 g/mol. The second kappa shape index (κ2) is 12.8. The lowest BCUT2D eigenvalue weighted by Crippen LogP contribution is -2.30. The molecule has 270 valence electrons. The summed E-state index contributed by atoms with van der Waals surface area (Å²) in [5.74, 6) is 0. The van der Waals surface area contributed by atoms with Gasteiger partial charge >= 0.3 is 0 Å². The summed E-state index contributed by atoms with van der Waals surface area (Å²) >= 11 is 0. The van der Waals surface area contributed by atoms with Gasteiger partial charge in [-0.15, -0.1) is 0 Å². The largest absolute Gasteiger partial charge is 0.310 e. The number of benzene rings is 9. The van der Waals surface area contributed by atoms with Gasteiger partial charge in [-0.2, -0.15) is 0 Å². The van der Waals surface area contributed by atoms with E-state index in [-0.39, 0.29) is 5.41 Å². The van der Waals surface area contributed by atoms with Crippen LogP contribution in [0.15, 0.2) is 212 Å². The summed E-state index contributed by atoms with van der Waals surface area (Å²) in [4.78, 5) is 2.39. The van der Waals surface area contributed by atoms with Gasteiger partial charge in [-0.1, -0.05) is 196 Å². The third kappa shape index (κ3) is 4.95. The van der Waals surface area contributed by atoms with E-state index in [4.69, 9.17) is 0 Å². The smallest absolute Gasteiger partial charge is 0.0713 e. The van der Waals surface area contributed by atoms with Crippen LogP contribution in [0.4, 0.5) is 17.1 Å². The molecule has 0 aromatic heterocycles. The van der Waals surface area contributed by atoms with Crippen LogP contribution in [0.5, 0.6) is 0 Å². The first kappa shape index (κ1) is 33.4. The molecule has 0 atom stereocenters. The maximum atomic E-state index is 2.39. The molecule has 1 nitrogen and oxygen atoms in total. The minimum absolute atomic E-state index is 0.0235. The molecule has 9 aromatic rings. The zero-order valence-electron chi connectivity index (χ0n) is 32.2. The summed E-state index contributed by atoms with van der Waals surface area (Å²) in [6.45, 7) is 4.76. The Labute approximate surface area is 335 Å². The predicted molar refractivity (Wildman–Crippen MR) is 239 cm³/mol. The Morgan fingerprint density at radius 3 is 1.33 bits per heavy atom. The van der Waals surface area contributed by atoms with Gasteiger partial charge in [0.15, 0.2) is 0 Å². The maximum Gasteiger partial charge on any atom is 0.0713 e. The molecule has 0 aliphatic heterocycles. The third-order valence-corrected chi connectivity index (χ3v) is 12.8. The fraction of sp³-hybridized carbons (Fsp3) is 0.0714. The van der Waals surface area contributed by atoms with Gasteiger partial charge < -0.3 is 4.90 Å². The molecule has 0 spiro atoms. The molecule has 0 radical (unpaired) electrons. The highest BCUT2D eigenvalue weighted by Crippen LogP contribution is 2.64. The Balaban J connectivity index is 0.998. The van der Waals surface area contributed by atoms with Crippen LogP contribution < -0.4 is 4.90 Å². The second-order valence-corrected chi connectivity index (χ2v) is 16.1. The van der Waals surface area contributed by atoms with Crippen molar-refractivity contribution in [1.82, 2.24) is 0 Å². The minimum Gasteiger partial charge on any atom is -0.310 e. The Morgan fingerprint density at radius 1 is 0.333 bits per heavy atom. The highest BCUT2D eigenvalue weighted by molar-refractivity contribution is 5.99. The SMILES string of the molecule is CC1(C)c2cccc3c2-c2c1cccc2C3(c1ccccc1)c1ccc(-c2ccc(N(c3ccc(-c4ccccc4)cc3)c3cccc4ccccc34)cc2)cc1. The number of nitrogens with zero attached hydrogens (tertiary/aromatic N) is 1. The summed E-state index contributed by atoms with van der Waals surface area (Å²) in [5.41, 5.74) is 18.9. The van der Waals surface area contributed by atoms with Crippen LogP contribution in [0.25, 0.3) is 44.2 Å². The Bertz CT molecular complexity index is 2880. The first-order valence-electron chi connectivity index (χ1n) is 20.0. The van der Waals surface area contributed by atoms with Gasteiger partial charge in [0.1, 0.15) is 0 Å². The second-order valence-electron chi connectivity index (χ2n) is 16.1. The van der Waals surface area contributed by atoms with Crippen LogP contribution in [-0.4, -0.2) is 0 Å². The van der Waals surface area contributed by atoms with Crippen LogP contribution in [0.2, 0.25) is 0 Å². The molecule has 0 N–H and O–H groups in total. The van der Waals surface area contributed by atoms with E-state index in [1.54, 1.807) is 0 Å². The van der Waals surface area contributed by atoms with Gasteiger partial charge in [-0.3, -0.25) is 0 Å². The Hall–Kier alpha value is -6.96. The zero-order valence-corrected chi connectivity index (χ0v) is 32.2. The van der Waals surface area contributed by atoms with E-state index in [0.29, 0.717) is 0 Å². The molecule has 0 bridgehead atoms. The standard InChI is InChI=1S/C56H41N/c1-55(2)48-21-12-23-50-53(48)54-49(55)22-13-24-51(54)56(50,43-18-7-4-8-19-43)44-32-26-39(27-33-44)41-30-36-46(37-31-41)57(52-25-11-17-42-16-9-10-20-47(42)52)45-34-28-40(29-35-45)38-14-5-3-6-15-38/h3-37H,1-2H3. The van der Waals surface area contributed by atoms with Crippen molar-refractivity contribution in [2.24, 2.45) is 0 Å². The van der Waals surface area contributed by atoms with Gasteiger partial charge in [0.2, 0.25) is 0 Å². The fourth-order valence-electron chi connectivity index (χ4n) is 10.1. The zero-order chi connectivity index (χ0) is 38.1. The summed E-state index contributed by atoms with van der Waals surface area (Å²) < 4.78 is 0. The molecule has 0 saturated carbocycles. The number of rotatable bonds is 7. The van der Waals surface area contributed by atoms with E-state index in [0.717, 1.165) is 17.1 Å². The van der Waals surface area contributed by atoms with Crippen molar-refractivity contribution in [3.8, 4) is 33.4 Å². The van der Waals surface area contributed by atoms with Gasteiger partial charge in [-0.05, 0) is 102 Å². The lowest BCUT2D eigenvalue weighted by Gasteiger charge is -2.36. The van der Waals surface area contributed by atoms with Crippen molar-refractivity contribution >= 4 is 27.8 Å². The third-order valence-electron chi connectivity index (χ3n) is 12.8. The first-order chi connectivity index (χ1) is 28.0. The molecule has 1 heteroatoms. The molecule has 0 saturated heterocycles. The van der Waals surface area contributed by atoms with Crippen molar-refractivity contribution in [3.63, 3.8) is 0 Å². The number of fused-ring (bicyclic) bond motifs is 1. The molecule has 2 aliphatic rings. The molecular weight excluding hydrogens is 687 g/mol. The summed E-state index contributed by atoms with van der Waals surface area (Å²) in [6.07, 6.45) is 0. The van der Waals surface area contributed by atoms with Gasteiger partial charge in [-0.25, -0.2) is 0 Å². The summed E-state index contributed by atoms with van der Waals surface area (Å²) in [5, 5.41) is 2.44. The van der Waals surface area contributed by atoms with Crippen LogP contribution in [-0.2, 0) is 10.8 Å². The molecule has 57 heavy (non-hydrogen) atoms. The van der Waals surface area contributed by atoms with Crippen molar-refractivity contribution in [1.29, 1.82) is 0 Å². The first-order valence-corrected chi connectivity index (χ1v) is 20.0. The van der Waals surface area contributed by atoms with Crippen LogP contribution >= 0.6 is 0 Å². The van der Waals surface area contributed by atoms with E-state index in [2.05, 4.69) is 231 Å². The summed E-state index contributed by atoms with van der Waals surface area (Å²) in [7, 11) is 0. The molecule has 0 amide bonds. The summed E-state index contributed by atoms with van der Waals surface area (Å²) in [6, 6.07) is 78.4. The molecule has 11 rings (SSSR count). The van der Waals surface area contributed by atoms with Crippen LogP contribution in [0.3, 0.4) is 0 Å². The van der Waals surface area contributed by atoms with Crippen molar-refractivity contribution in [3.05, 3.63) is 246 Å². The van der Waals surface area contributed by atoms with Crippen LogP contribution in [0, 0.1) is 0 Å². The molecule has 9 aromatic carbocycles. The average molecular weight is 728 g/mol. The highest BCUT2D eigenvalue weighted by atomic mass is 15.1. The molecule has 0 fully saturated rings. The predicted octanol–water partition coefficient (Wildman–Crippen LogP) is 14.6. The van der Waals surface area contributed by atoms with Gasteiger partial charge in [0, 0.05) is 22.2 Å². The van der Waals surface area contributed by atoms with Crippen molar-refractivity contribution in [2.75, 3.05) is 4.90 Å². The number of hydrogen-bond acceptors (Lipinski definition) is 1. The van der Waals surface area contributed by atoms with Gasteiger partial charge in [0.25, 0.3) is 0 Å². The topological polar surface area (TPSA) is 3.24 Å². The van der Waals surface area contributed by atoms with E-state index in [1.807, 2.05) is 0 Å². The quantitative estimate of drug-likeness (QED) is 0.158. The van der Waals surface area contributed by atoms with Crippen molar-refractivity contribution in [2.45, 2.75) is 24.7 Å². The Kier molecular flexibility index (Phi) is 7.50. The average Bonchev–Trinajstić information content (AvgIpc) is 3.72. The lowest BCUT2D eigenvalue weighted by atomic mass is 9.65. The van der Waals surface area contributed by atoms with E-state index < -0.39 is 5.41 Å². The van der Waals surface area contributed by atoms with E-state index >= 15 is 0 Å². The van der Waals surface area contributed by atoms with Crippen molar-refractivity contribution < 1.29 is 0 Å². The van der Waals surface area contributed by atoms with E-state index in [9.17, 15) is 0 Å². The Morgan fingerprint density at radius 2 is 0.754 bits per heavy atom. The van der Waals surface area contributed by atoms with Gasteiger partial charge in [0.05, 0.1) is 11.1 Å². The molecule has 0 unspecified atom stereocenters. The maximum absolute atomic E-state index is 2.39. The lowest BCUT2D eigenvalue weighted by molar-refractivity contribution is 0.652. The number of anilines is 3. The van der Waals surface area contributed by atoms with E-state index in [1.165, 1.54) is 77.5 Å². The normalized spacial score (nSPS) is 14.1. The van der Waals surface area contributed by atoms with Crippen LogP contribution in [0.1, 0.15) is 47.2 Å². The minimum atomic E-state index is -0.397.